The molecule has 1 N–H and O–H groups in total. The van der Waals surface area contributed by atoms with Gasteiger partial charge in [0.05, 0.1) is 24.1 Å². The summed E-state index contributed by atoms with van der Waals surface area (Å²) in [5.41, 5.74) is -0.240. The fourth-order valence-corrected chi connectivity index (χ4v) is 4.38. The maximum Gasteiger partial charge on any atom is 0.244 e. The molecule has 0 bridgehead atoms. The molecule has 0 saturated carbocycles. The smallest absolute Gasteiger partial charge is 0.244 e. The van der Waals surface area contributed by atoms with Crippen molar-refractivity contribution < 1.29 is 27.1 Å². The molecule has 2 amide bonds. The number of methoxy groups -OCH3 is 1. The molecule has 0 heterocycles. The van der Waals surface area contributed by atoms with Crippen molar-refractivity contribution >= 4 is 39.1 Å². The van der Waals surface area contributed by atoms with Gasteiger partial charge in [-0.1, -0.05) is 29.8 Å². The summed E-state index contributed by atoms with van der Waals surface area (Å²) in [5, 5.41) is 2.96. The summed E-state index contributed by atoms with van der Waals surface area (Å²) in [6, 6.07) is 9.17. The standard InChI is InChI=1S/C24H31ClFN3O5S/c1-16(23(31)27-24(2,3)4)28(14-17-9-7-8-10-20(17)26)22(30)15-29(35(6,32)33)18-11-12-21(34-5)19(25)13-18/h7-13,16H,14-15H2,1-6H3,(H,27,31)/t16-/m0/s1. The van der Waals surface area contributed by atoms with Crippen molar-refractivity contribution in [3.63, 3.8) is 0 Å². The first-order chi connectivity index (χ1) is 16.1. The molecule has 0 saturated heterocycles. The van der Waals surface area contributed by atoms with E-state index in [0.717, 1.165) is 15.5 Å². The lowest BCUT2D eigenvalue weighted by Gasteiger charge is -2.33. The second kappa shape index (κ2) is 11.3. The van der Waals surface area contributed by atoms with Crippen LogP contribution in [0.25, 0.3) is 0 Å². The van der Waals surface area contributed by atoms with Crippen LogP contribution in [-0.4, -0.2) is 56.6 Å². The molecule has 2 aromatic carbocycles. The van der Waals surface area contributed by atoms with Gasteiger partial charge < -0.3 is 15.0 Å². The average molecular weight is 528 g/mol. The van der Waals surface area contributed by atoms with Crippen molar-refractivity contribution in [1.29, 1.82) is 0 Å². The summed E-state index contributed by atoms with van der Waals surface area (Å²) in [6.45, 7) is 6.03. The summed E-state index contributed by atoms with van der Waals surface area (Å²) in [5.74, 6) is -1.36. The molecule has 0 spiro atoms. The van der Waals surface area contributed by atoms with E-state index in [1.54, 1.807) is 26.8 Å². The molecule has 11 heteroatoms. The van der Waals surface area contributed by atoms with Gasteiger partial charge in [0.25, 0.3) is 0 Å². The van der Waals surface area contributed by atoms with Gasteiger partial charge in [0, 0.05) is 17.6 Å². The minimum Gasteiger partial charge on any atom is -0.495 e. The van der Waals surface area contributed by atoms with Crippen molar-refractivity contribution in [3.8, 4) is 5.75 Å². The fourth-order valence-electron chi connectivity index (χ4n) is 3.29. The number of rotatable bonds is 9. The average Bonchev–Trinajstić information content (AvgIpc) is 2.74. The number of benzene rings is 2. The van der Waals surface area contributed by atoms with E-state index in [2.05, 4.69) is 5.32 Å². The Balaban J connectivity index is 2.45. The normalized spacial score (nSPS) is 12.6. The van der Waals surface area contributed by atoms with Gasteiger partial charge in [-0.05, 0) is 52.0 Å². The van der Waals surface area contributed by atoms with Crippen LogP contribution in [0, 0.1) is 5.82 Å². The molecule has 0 aliphatic rings. The topological polar surface area (TPSA) is 96.0 Å². The van der Waals surface area contributed by atoms with Gasteiger partial charge in [-0.15, -0.1) is 0 Å². The summed E-state index contributed by atoms with van der Waals surface area (Å²) in [7, 11) is -2.51. The molecule has 2 aromatic rings. The first kappa shape index (κ1) is 28.4. The molecule has 0 radical (unpaired) electrons. The highest BCUT2D eigenvalue weighted by molar-refractivity contribution is 7.92. The van der Waals surface area contributed by atoms with Crippen molar-refractivity contribution in [2.24, 2.45) is 0 Å². The lowest BCUT2D eigenvalue weighted by Crippen LogP contribution is -2.54. The zero-order valence-corrected chi connectivity index (χ0v) is 22.2. The molecule has 8 nitrogen and oxygen atoms in total. The minimum absolute atomic E-state index is 0.143. The molecule has 2 rings (SSSR count). The Kier molecular flexibility index (Phi) is 9.13. The summed E-state index contributed by atoms with van der Waals surface area (Å²) in [6.07, 6.45) is 0.954. The van der Waals surface area contributed by atoms with Crippen LogP contribution in [0.15, 0.2) is 42.5 Å². The fraction of sp³-hybridized carbons (Fsp3) is 0.417. The number of carbonyl (C=O) groups is 2. The van der Waals surface area contributed by atoms with Gasteiger partial charge >= 0.3 is 0 Å². The molecular formula is C24H31ClFN3O5S. The van der Waals surface area contributed by atoms with Gasteiger partial charge in [0.15, 0.2) is 0 Å². The largest absolute Gasteiger partial charge is 0.495 e. The zero-order chi connectivity index (χ0) is 26.6. The van der Waals surface area contributed by atoms with Crippen LogP contribution in [-0.2, 0) is 26.2 Å². The first-order valence-electron chi connectivity index (χ1n) is 10.8. The number of hydrogen-bond acceptors (Lipinski definition) is 5. The highest BCUT2D eigenvalue weighted by atomic mass is 35.5. The highest BCUT2D eigenvalue weighted by Crippen LogP contribution is 2.30. The Hall–Kier alpha value is -2.85. The maximum absolute atomic E-state index is 14.4. The molecular weight excluding hydrogens is 497 g/mol. The Morgan fingerprint density at radius 2 is 1.80 bits per heavy atom. The number of nitrogens with one attached hydrogen (secondary N) is 1. The predicted octanol–water partition coefficient (Wildman–Crippen LogP) is 3.59. The number of hydrogen-bond donors (Lipinski definition) is 1. The Morgan fingerprint density at radius 3 is 2.31 bits per heavy atom. The monoisotopic (exact) mass is 527 g/mol. The van der Waals surface area contributed by atoms with Crippen LogP contribution in [0.4, 0.5) is 10.1 Å². The predicted molar refractivity (Wildman–Crippen MR) is 135 cm³/mol. The molecule has 0 fully saturated rings. The number of halogens is 2. The lowest BCUT2D eigenvalue weighted by molar-refractivity contribution is -0.140. The van der Waals surface area contributed by atoms with Gasteiger partial charge in [0.2, 0.25) is 21.8 Å². The third-order valence-corrected chi connectivity index (χ3v) is 6.50. The van der Waals surface area contributed by atoms with E-state index in [1.807, 2.05) is 0 Å². The number of anilines is 1. The van der Waals surface area contributed by atoms with E-state index in [1.165, 1.54) is 50.4 Å². The van der Waals surface area contributed by atoms with E-state index in [9.17, 15) is 22.4 Å². The third-order valence-electron chi connectivity index (χ3n) is 5.07. The third kappa shape index (κ3) is 7.83. The zero-order valence-electron chi connectivity index (χ0n) is 20.6. The van der Waals surface area contributed by atoms with E-state index in [4.69, 9.17) is 16.3 Å². The number of amides is 2. The van der Waals surface area contributed by atoms with Gasteiger partial charge in [-0.3, -0.25) is 13.9 Å². The quantitative estimate of drug-likeness (QED) is 0.537. The molecule has 192 valence electrons. The van der Waals surface area contributed by atoms with Crippen LogP contribution in [0.5, 0.6) is 5.75 Å². The molecule has 0 unspecified atom stereocenters. The van der Waals surface area contributed by atoms with Crippen LogP contribution in [0.3, 0.4) is 0 Å². The summed E-state index contributed by atoms with van der Waals surface area (Å²) in [4.78, 5) is 27.5. The summed E-state index contributed by atoms with van der Waals surface area (Å²) >= 11 is 6.16. The Labute approximate surface area is 211 Å². The number of carbonyl (C=O) groups excluding carboxylic acids is 2. The van der Waals surface area contributed by atoms with Crippen LogP contribution >= 0.6 is 11.6 Å². The molecule has 0 aromatic heterocycles. The van der Waals surface area contributed by atoms with Crippen molar-refractivity contribution in [1.82, 2.24) is 10.2 Å². The molecule has 0 aliphatic carbocycles. The van der Waals surface area contributed by atoms with Gasteiger partial charge in [0.1, 0.15) is 24.2 Å². The van der Waals surface area contributed by atoms with Crippen LogP contribution < -0.4 is 14.4 Å². The lowest BCUT2D eigenvalue weighted by atomic mass is 10.1. The van der Waals surface area contributed by atoms with Gasteiger partial charge in [-0.2, -0.15) is 0 Å². The van der Waals surface area contributed by atoms with E-state index in [-0.39, 0.29) is 22.8 Å². The van der Waals surface area contributed by atoms with Crippen LogP contribution in [0.2, 0.25) is 5.02 Å². The summed E-state index contributed by atoms with van der Waals surface area (Å²) < 4.78 is 45.6. The van der Waals surface area contributed by atoms with Crippen molar-refractivity contribution in [2.45, 2.75) is 45.8 Å². The second-order valence-electron chi connectivity index (χ2n) is 9.12. The van der Waals surface area contributed by atoms with E-state index >= 15 is 0 Å². The molecule has 0 aliphatic heterocycles. The molecule has 35 heavy (non-hydrogen) atoms. The van der Waals surface area contributed by atoms with Crippen molar-refractivity contribution in [3.05, 3.63) is 58.9 Å². The van der Waals surface area contributed by atoms with E-state index < -0.39 is 45.8 Å². The van der Waals surface area contributed by atoms with Crippen molar-refractivity contribution in [2.75, 3.05) is 24.2 Å². The SMILES string of the molecule is COc1ccc(N(CC(=O)N(Cc2ccccc2F)[C@@H](C)C(=O)NC(C)(C)C)S(C)(=O)=O)cc1Cl. The van der Waals surface area contributed by atoms with E-state index in [0.29, 0.717) is 5.75 Å². The maximum atomic E-state index is 14.4. The van der Waals surface area contributed by atoms with Crippen LogP contribution in [0.1, 0.15) is 33.3 Å². The Morgan fingerprint density at radius 1 is 1.17 bits per heavy atom. The molecule has 1 atom stereocenters. The first-order valence-corrected chi connectivity index (χ1v) is 13.0. The Bertz CT molecular complexity index is 1180. The number of nitrogens with zero attached hydrogens (tertiary/aromatic N) is 2. The second-order valence-corrected chi connectivity index (χ2v) is 11.4. The highest BCUT2D eigenvalue weighted by Gasteiger charge is 2.32. The van der Waals surface area contributed by atoms with Gasteiger partial charge in [-0.25, -0.2) is 12.8 Å². The number of sulfonamides is 1. The number of ether oxygens (including phenoxy) is 1. The minimum atomic E-state index is -3.93.